The second kappa shape index (κ2) is 5.05. The monoisotopic (exact) mass is 237 g/mol. The SMILES string of the molecule is NCCc1cnn(Cc2cc(F)ccc2F)c1. The molecule has 0 saturated heterocycles. The first-order chi connectivity index (χ1) is 8.19. The fourth-order valence-electron chi connectivity index (χ4n) is 1.63. The van der Waals surface area contributed by atoms with Crippen molar-refractivity contribution in [2.45, 2.75) is 13.0 Å². The molecule has 0 aliphatic heterocycles. The van der Waals surface area contributed by atoms with Crippen molar-refractivity contribution in [3.05, 3.63) is 53.4 Å². The molecule has 2 aromatic rings. The van der Waals surface area contributed by atoms with E-state index in [1.165, 1.54) is 6.07 Å². The third-order valence-corrected chi connectivity index (χ3v) is 2.46. The fraction of sp³-hybridized carbons (Fsp3) is 0.250. The standard InChI is InChI=1S/C12H13F2N3/c13-11-1-2-12(14)10(5-11)8-17-7-9(3-4-15)6-16-17/h1-2,5-7H,3-4,8,15H2. The van der Waals surface area contributed by atoms with Gasteiger partial charge in [0.15, 0.2) is 0 Å². The van der Waals surface area contributed by atoms with Gasteiger partial charge in [-0.2, -0.15) is 5.10 Å². The Bertz CT molecular complexity index is 508. The highest BCUT2D eigenvalue weighted by atomic mass is 19.1. The second-order valence-electron chi connectivity index (χ2n) is 3.82. The normalized spacial score (nSPS) is 10.8. The summed E-state index contributed by atoms with van der Waals surface area (Å²) in [7, 11) is 0. The molecule has 0 aliphatic carbocycles. The van der Waals surface area contributed by atoms with E-state index in [2.05, 4.69) is 5.10 Å². The van der Waals surface area contributed by atoms with E-state index in [-0.39, 0.29) is 12.1 Å². The van der Waals surface area contributed by atoms with Gasteiger partial charge in [-0.3, -0.25) is 4.68 Å². The predicted molar refractivity (Wildman–Crippen MR) is 60.4 cm³/mol. The van der Waals surface area contributed by atoms with Crippen molar-refractivity contribution < 1.29 is 8.78 Å². The Kier molecular flexibility index (Phi) is 3.49. The Hall–Kier alpha value is -1.75. The minimum atomic E-state index is -0.448. The first-order valence-corrected chi connectivity index (χ1v) is 5.34. The zero-order chi connectivity index (χ0) is 12.3. The minimum absolute atomic E-state index is 0.216. The van der Waals surface area contributed by atoms with Crippen molar-refractivity contribution >= 4 is 0 Å². The van der Waals surface area contributed by atoms with Crippen molar-refractivity contribution in [3.63, 3.8) is 0 Å². The number of hydrogen-bond acceptors (Lipinski definition) is 2. The van der Waals surface area contributed by atoms with Crippen LogP contribution in [0.1, 0.15) is 11.1 Å². The van der Waals surface area contributed by atoms with Crippen LogP contribution in [0.5, 0.6) is 0 Å². The van der Waals surface area contributed by atoms with Gasteiger partial charge in [0, 0.05) is 11.8 Å². The van der Waals surface area contributed by atoms with Crippen LogP contribution in [-0.2, 0) is 13.0 Å². The Balaban J connectivity index is 2.16. The summed E-state index contributed by atoms with van der Waals surface area (Å²) in [6, 6.07) is 3.40. The lowest BCUT2D eigenvalue weighted by Gasteiger charge is -2.03. The molecular weight excluding hydrogens is 224 g/mol. The van der Waals surface area contributed by atoms with Gasteiger partial charge >= 0.3 is 0 Å². The maximum atomic E-state index is 13.4. The van der Waals surface area contributed by atoms with Crippen molar-refractivity contribution in [3.8, 4) is 0 Å². The molecule has 2 rings (SSSR count). The van der Waals surface area contributed by atoms with Crippen LogP contribution in [0, 0.1) is 11.6 Å². The maximum absolute atomic E-state index is 13.4. The van der Waals surface area contributed by atoms with Crippen molar-refractivity contribution in [2.75, 3.05) is 6.54 Å². The van der Waals surface area contributed by atoms with E-state index < -0.39 is 11.6 Å². The van der Waals surface area contributed by atoms with Crippen LogP contribution in [0.3, 0.4) is 0 Å². The molecule has 0 radical (unpaired) electrons. The van der Waals surface area contributed by atoms with E-state index in [0.29, 0.717) is 6.54 Å². The van der Waals surface area contributed by atoms with Gasteiger partial charge in [0.25, 0.3) is 0 Å². The summed E-state index contributed by atoms with van der Waals surface area (Å²) in [5, 5.41) is 4.07. The molecule has 0 aliphatic rings. The molecule has 5 heteroatoms. The van der Waals surface area contributed by atoms with E-state index in [1.807, 2.05) is 0 Å². The highest BCUT2D eigenvalue weighted by Crippen LogP contribution is 2.11. The highest BCUT2D eigenvalue weighted by Gasteiger charge is 2.05. The Morgan fingerprint density at radius 3 is 2.88 bits per heavy atom. The van der Waals surface area contributed by atoms with E-state index >= 15 is 0 Å². The van der Waals surface area contributed by atoms with Gasteiger partial charge in [0.2, 0.25) is 0 Å². The molecule has 0 amide bonds. The zero-order valence-corrected chi connectivity index (χ0v) is 9.24. The van der Waals surface area contributed by atoms with Gasteiger partial charge < -0.3 is 5.73 Å². The lowest BCUT2D eigenvalue weighted by Crippen LogP contribution is -2.04. The molecule has 3 nitrogen and oxygen atoms in total. The lowest BCUT2D eigenvalue weighted by molar-refractivity contribution is 0.566. The molecule has 0 bridgehead atoms. The van der Waals surface area contributed by atoms with E-state index in [0.717, 1.165) is 24.1 Å². The molecule has 1 aromatic carbocycles. The van der Waals surface area contributed by atoms with Gasteiger partial charge in [-0.1, -0.05) is 0 Å². The number of rotatable bonds is 4. The Morgan fingerprint density at radius 2 is 2.12 bits per heavy atom. The average Bonchev–Trinajstić information content (AvgIpc) is 2.72. The molecule has 17 heavy (non-hydrogen) atoms. The smallest absolute Gasteiger partial charge is 0.128 e. The van der Waals surface area contributed by atoms with Gasteiger partial charge in [-0.05, 0) is 36.7 Å². The maximum Gasteiger partial charge on any atom is 0.128 e. The number of nitrogens with two attached hydrogens (primary N) is 1. The summed E-state index contributed by atoms with van der Waals surface area (Å²) >= 11 is 0. The minimum Gasteiger partial charge on any atom is -0.330 e. The Morgan fingerprint density at radius 1 is 1.29 bits per heavy atom. The highest BCUT2D eigenvalue weighted by molar-refractivity contribution is 5.19. The first-order valence-electron chi connectivity index (χ1n) is 5.34. The number of halogens is 2. The predicted octanol–water partition coefficient (Wildman–Crippen LogP) is 1.71. The molecule has 1 heterocycles. The third kappa shape index (κ3) is 2.88. The lowest BCUT2D eigenvalue weighted by atomic mass is 10.2. The number of nitrogens with zero attached hydrogens (tertiary/aromatic N) is 2. The summed E-state index contributed by atoms with van der Waals surface area (Å²) in [6.07, 6.45) is 4.20. The van der Waals surface area contributed by atoms with Crippen LogP contribution in [-0.4, -0.2) is 16.3 Å². The van der Waals surface area contributed by atoms with Crippen LogP contribution in [0.4, 0.5) is 8.78 Å². The van der Waals surface area contributed by atoms with Gasteiger partial charge in [0.05, 0.1) is 12.7 Å². The summed E-state index contributed by atoms with van der Waals surface area (Å²) < 4.78 is 27.9. The number of hydrogen-bond donors (Lipinski definition) is 1. The molecule has 0 fully saturated rings. The third-order valence-electron chi connectivity index (χ3n) is 2.46. The molecule has 0 atom stereocenters. The summed E-state index contributed by atoms with van der Waals surface area (Å²) in [5.41, 5.74) is 6.69. The molecule has 1 aromatic heterocycles. The van der Waals surface area contributed by atoms with Crippen LogP contribution in [0.25, 0.3) is 0 Å². The van der Waals surface area contributed by atoms with E-state index in [1.54, 1.807) is 17.1 Å². The fourth-order valence-corrected chi connectivity index (χ4v) is 1.63. The first kappa shape index (κ1) is 11.7. The quantitative estimate of drug-likeness (QED) is 0.879. The molecule has 2 N–H and O–H groups in total. The van der Waals surface area contributed by atoms with Crippen molar-refractivity contribution in [1.29, 1.82) is 0 Å². The molecule has 0 unspecified atom stereocenters. The van der Waals surface area contributed by atoms with Crippen LogP contribution < -0.4 is 5.73 Å². The summed E-state index contributed by atoms with van der Waals surface area (Å²) in [4.78, 5) is 0. The van der Waals surface area contributed by atoms with Crippen molar-refractivity contribution in [1.82, 2.24) is 9.78 Å². The summed E-state index contributed by atoms with van der Waals surface area (Å²) in [6.45, 7) is 0.758. The molecule has 0 spiro atoms. The number of benzene rings is 1. The zero-order valence-electron chi connectivity index (χ0n) is 9.24. The summed E-state index contributed by atoms with van der Waals surface area (Å²) in [5.74, 6) is -0.877. The Labute approximate surface area is 97.9 Å². The molecule has 90 valence electrons. The molecular formula is C12H13F2N3. The largest absolute Gasteiger partial charge is 0.330 e. The van der Waals surface area contributed by atoms with E-state index in [4.69, 9.17) is 5.73 Å². The van der Waals surface area contributed by atoms with Gasteiger partial charge in [-0.15, -0.1) is 0 Å². The van der Waals surface area contributed by atoms with Gasteiger partial charge in [-0.25, -0.2) is 8.78 Å². The van der Waals surface area contributed by atoms with Crippen LogP contribution in [0.2, 0.25) is 0 Å². The topological polar surface area (TPSA) is 43.8 Å². The van der Waals surface area contributed by atoms with Crippen LogP contribution in [0.15, 0.2) is 30.6 Å². The van der Waals surface area contributed by atoms with Gasteiger partial charge in [0.1, 0.15) is 11.6 Å². The van der Waals surface area contributed by atoms with E-state index in [9.17, 15) is 8.78 Å². The van der Waals surface area contributed by atoms with Crippen molar-refractivity contribution in [2.24, 2.45) is 5.73 Å². The molecule has 0 saturated carbocycles. The van der Waals surface area contributed by atoms with Crippen LogP contribution >= 0.6 is 0 Å². The number of aromatic nitrogens is 2. The second-order valence-corrected chi connectivity index (χ2v) is 3.82. The average molecular weight is 237 g/mol.